The quantitative estimate of drug-likeness (QED) is 0.287. The van der Waals surface area contributed by atoms with Crippen LogP contribution in [-0.2, 0) is 14.8 Å². The molecule has 0 bridgehead atoms. The molecule has 2 aromatic rings. The van der Waals surface area contributed by atoms with E-state index < -0.39 is 21.7 Å². The maximum absolute atomic E-state index is 12.9. The summed E-state index contributed by atoms with van der Waals surface area (Å²) in [6.07, 6.45) is 5.02. The Balaban J connectivity index is 1.79. The minimum atomic E-state index is -4.20. The van der Waals surface area contributed by atoms with Crippen LogP contribution in [0.1, 0.15) is 37.8 Å². The second kappa shape index (κ2) is 12.4. The van der Waals surface area contributed by atoms with Crippen molar-refractivity contribution in [3.63, 3.8) is 0 Å². The number of nitrogens with one attached hydrogen (secondary N) is 1. The van der Waals surface area contributed by atoms with E-state index in [2.05, 4.69) is 18.7 Å². The van der Waals surface area contributed by atoms with Gasteiger partial charge in [-0.3, -0.25) is 14.5 Å². The van der Waals surface area contributed by atoms with Crippen LogP contribution >= 0.6 is 11.6 Å². The number of carbonyl (C=O) groups is 1. The number of carboxylic acid groups (broad SMARTS) is 1. The molecule has 3 rings (SSSR count). The van der Waals surface area contributed by atoms with Crippen LogP contribution in [0.4, 0.5) is 5.69 Å². The molecule has 0 aliphatic carbocycles. The lowest BCUT2D eigenvalue weighted by Gasteiger charge is -2.34. The van der Waals surface area contributed by atoms with Crippen molar-refractivity contribution >= 4 is 45.2 Å². The van der Waals surface area contributed by atoms with Crippen LogP contribution in [0, 0.1) is 5.41 Å². The molecule has 11 heteroatoms. The number of ether oxygens (including phenoxy) is 1. The number of hydrogen-bond donors (Lipinski definition) is 3. The molecule has 0 spiro atoms. The largest absolute Gasteiger partial charge is 0.489 e. The Morgan fingerprint density at radius 3 is 2.57 bits per heavy atom. The average molecular weight is 549 g/mol. The molecule has 1 fully saturated rings. The fourth-order valence-corrected chi connectivity index (χ4v) is 5.57. The van der Waals surface area contributed by atoms with Crippen molar-refractivity contribution in [1.29, 1.82) is 5.41 Å². The third-order valence-electron chi connectivity index (χ3n) is 6.12. The van der Waals surface area contributed by atoms with E-state index in [0.717, 1.165) is 30.2 Å². The number of likely N-dealkylation sites (tertiary alicyclic amines) is 1. The van der Waals surface area contributed by atoms with E-state index in [4.69, 9.17) is 32.6 Å². The van der Waals surface area contributed by atoms with Crippen molar-refractivity contribution in [3.8, 4) is 5.75 Å². The van der Waals surface area contributed by atoms with E-state index >= 15 is 0 Å². The highest BCUT2D eigenvalue weighted by atomic mass is 35.5. The SMILES string of the molecule is CC(C)N1CCC(Oc2ccc(N(CC=Cc3cccc(C(=N)N)c3)S(=O)(=O)CC(=O)O)cc2Cl)CC1. The van der Waals surface area contributed by atoms with Crippen molar-refractivity contribution in [2.45, 2.75) is 38.8 Å². The second-order valence-corrected chi connectivity index (χ2v) is 11.5. The molecular weight excluding hydrogens is 516 g/mol. The molecule has 0 saturated carbocycles. The molecule has 9 nitrogen and oxygen atoms in total. The minimum Gasteiger partial charge on any atom is -0.489 e. The van der Waals surface area contributed by atoms with Gasteiger partial charge in [0.25, 0.3) is 0 Å². The number of anilines is 1. The number of nitrogens with zero attached hydrogens (tertiary/aromatic N) is 2. The van der Waals surface area contributed by atoms with Gasteiger partial charge in [0.1, 0.15) is 17.7 Å². The third-order valence-corrected chi connectivity index (χ3v) is 8.06. The van der Waals surface area contributed by atoms with Crippen LogP contribution in [-0.4, -0.2) is 67.8 Å². The zero-order valence-electron chi connectivity index (χ0n) is 20.9. The van der Waals surface area contributed by atoms with Crippen LogP contribution in [0.15, 0.2) is 48.5 Å². The number of halogens is 1. The van der Waals surface area contributed by atoms with E-state index in [1.165, 1.54) is 6.07 Å². The van der Waals surface area contributed by atoms with Gasteiger partial charge in [-0.05, 0) is 56.5 Å². The molecule has 0 atom stereocenters. The zero-order chi connectivity index (χ0) is 27.2. The second-order valence-electron chi connectivity index (χ2n) is 9.18. The Morgan fingerprint density at radius 2 is 1.97 bits per heavy atom. The lowest BCUT2D eigenvalue weighted by molar-refractivity contribution is -0.134. The first kappa shape index (κ1) is 28.5. The first-order chi connectivity index (χ1) is 17.5. The number of benzene rings is 2. The van der Waals surface area contributed by atoms with Crippen LogP contribution < -0.4 is 14.8 Å². The molecule has 200 valence electrons. The Hall–Kier alpha value is -3.08. The monoisotopic (exact) mass is 548 g/mol. The Kier molecular flexibility index (Phi) is 9.58. The maximum atomic E-state index is 12.9. The summed E-state index contributed by atoms with van der Waals surface area (Å²) in [6.45, 7) is 6.07. The number of aliphatic carboxylic acids is 1. The normalized spacial score (nSPS) is 15.2. The minimum absolute atomic E-state index is 0.0129. The first-order valence-corrected chi connectivity index (χ1v) is 14.0. The average Bonchev–Trinajstić information content (AvgIpc) is 2.83. The summed E-state index contributed by atoms with van der Waals surface area (Å²) >= 11 is 6.48. The summed E-state index contributed by atoms with van der Waals surface area (Å²) < 4.78 is 32.9. The Morgan fingerprint density at radius 1 is 1.27 bits per heavy atom. The summed E-state index contributed by atoms with van der Waals surface area (Å²) in [6, 6.07) is 12.1. The predicted octanol–water partition coefficient (Wildman–Crippen LogP) is 3.81. The topological polar surface area (TPSA) is 137 Å². The van der Waals surface area contributed by atoms with Crippen molar-refractivity contribution in [2.24, 2.45) is 5.73 Å². The fraction of sp³-hybridized carbons (Fsp3) is 0.385. The number of rotatable bonds is 11. The first-order valence-electron chi connectivity index (χ1n) is 12.0. The highest BCUT2D eigenvalue weighted by Gasteiger charge is 2.27. The van der Waals surface area contributed by atoms with Gasteiger partial charge in [0.2, 0.25) is 10.0 Å². The number of nitrogens with two attached hydrogens (primary N) is 1. The molecule has 0 amide bonds. The van der Waals surface area contributed by atoms with Gasteiger partial charge in [-0.2, -0.15) is 0 Å². The van der Waals surface area contributed by atoms with Gasteiger partial charge in [-0.25, -0.2) is 8.42 Å². The van der Waals surface area contributed by atoms with Gasteiger partial charge in [0, 0.05) is 24.7 Å². The van der Waals surface area contributed by atoms with Crippen LogP contribution in [0.25, 0.3) is 6.08 Å². The summed E-state index contributed by atoms with van der Waals surface area (Å²) in [5.41, 5.74) is 7.02. The molecular formula is C26H33ClN4O5S. The summed E-state index contributed by atoms with van der Waals surface area (Å²) in [4.78, 5) is 13.6. The van der Waals surface area contributed by atoms with E-state index in [-0.39, 0.29) is 29.2 Å². The number of piperidine rings is 1. The number of nitrogen functional groups attached to an aromatic ring is 1. The molecule has 0 aromatic heterocycles. The van der Waals surface area contributed by atoms with Crippen LogP contribution in [0.5, 0.6) is 5.75 Å². The molecule has 0 radical (unpaired) electrons. The maximum Gasteiger partial charge on any atom is 0.320 e. The number of sulfonamides is 1. The molecule has 1 aliphatic heterocycles. The predicted molar refractivity (Wildman–Crippen MR) is 147 cm³/mol. The van der Waals surface area contributed by atoms with Gasteiger partial charge in [0.15, 0.2) is 5.75 Å². The van der Waals surface area contributed by atoms with Gasteiger partial charge >= 0.3 is 5.97 Å². The van der Waals surface area contributed by atoms with Crippen molar-refractivity contribution in [3.05, 3.63) is 64.7 Å². The summed E-state index contributed by atoms with van der Waals surface area (Å²) in [5.74, 6) is -2.14. The van der Waals surface area contributed by atoms with Gasteiger partial charge < -0.3 is 20.5 Å². The summed E-state index contributed by atoms with van der Waals surface area (Å²) in [7, 11) is -4.20. The molecule has 1 heterocycles. The van der Waals surface area contributed by atoms with E-state index in [1.54, 1.807) is 48.6 Å². The highest BCUT2D eigenvalue weighted by molar-refractivity contribution is 7.93. The third kappa shape index (κ3) is 7.95. The Labute approximate surface area is 223 Å². The van der Waals surface area contributed by atoms with Crippen LogP contribution in [0.2, 0.25) is 5.02 Å². The smallest absolute Gasteiger partial charge is 0.320 e. The zero-order valence-corrected chi connectivity index (χ0v) is 22.5. The Bertz CT molecular complexity index is 1260. The van der Waals surface area contributed by atoms with Gasteiger partial charge in [-0.15, -0.1) is 0 Å². The highest BCUT2D eigenvalue weighted by Crippen LogP contribution is 2.33. The lowest BCUT2D eigenvalue weighted by Crippen LogP contribution is -2.41. The molecule has 4 N–H and O–H groups in total. The fourth-order valence-electron chi connectivity index (χ4n) is 4.14. The van der Waals surface area contributed by atoms with Gasteiger partial charge in [0.05, 0.1) is 17.3 Å². The molecule has 37 heavy (non-hydrogen) atoms. The lowest BCUT2D eigenvalue weighted by atomic mass is 10.1. The summed E-state index contributed by atoms with van der Waals surface area (Å²) in [5, 5.41) is 17.0. The van der Waals surface area contributed by atoms with E-state index in [9.17, 15) is 13.2 Å². The van der Waals surface area contributed by atoms with Crippen molar-refractivity contribution in [2.75, 3.05) is 29.7 Å². The van der Waals surface area contributed by atoms with Gasteiger partial charge in [-0.1, -0.05) is 42.0 Å². The molecule has 2 aromatic carbocycles. The van der Waals surface area contributed by atoms with E-state index in [0.29, 0.717) is 22.9 Å². The number of hydrogen-bond acceptors (Lipinski definition) is 6. The van der Waals surface area contributed by atoms with Crippen LogP contribution in [0.3, 0.4) is 0 Å². The van der Waals surface area contributed by atoms with E-state index in [1.807, 2.05) is 0 Å². The molecule has 1 aliphatic rings. The molecule has 0 unspecified atom stereocenters. The standard InChI is InChI=1S/C26H33ClN4O5S/c1-18(2)30-13-10-22(11-14-30)36-24-9-8-21(16-23(24)27)31(37(34,35)17-25(32)33)12-4-6-19-5-3-7-20(15-19)26(28)29/h3-9,15-16,18,22H,10-14,17H2,1-2H3,(H3,28,29)(H,32,33). The molecule has 1 saturated heterocycles. The van der Waals surface area contributed by atoms with Crippen molar-refractivity contribution in [1.82, 2.24) is 4.90 Å². The number of carboxylic acids is 1. The number of amidine groups is 1. The van der Waals surface area contributed by atoms with Crippen molar-refractivity contribution < 1.29 is 23.1 Å².